The molecule has 0 spiro atoms. The van der Waals surface area contributed by atoms with Crippen LogP contribution in [0.1, 0.15) is 412 Å². The van der Waals surface area contributed by atoms with Gasteiger partial charge in [0.25, 0.3) is 0 Å². The van der Waals surface area contributed by atoms with Crippen LogP contribution >= 0.6 is 7.82 Å². The molecule has 0 aliphatic rings. The zero-order valence-electron chi connectivity index (χ0n) is 60.0. The number of nitrogens with one attached hydrogen (secondary N) is 1. The SMILES string of the molecule is CCCCCCCCCCCCCCCCCCCCCCC/C=C/CC/C=C/CC/C=C/C(O)C(COP(=O)(O)OCC[N+](C)(C)C)NC(=O)CCCCCCCCCCCCCCCCCCCCCCCCCCCCCCCCCCCCC. The number of amides is 1. The number of aliphatic hydroxyl groups excluding tert-OH is 1. The van der Waals surface area contributed by atoms with Crippen LogP contribution in [-0.4, -0.2) is 73.4 Å². The van der Waals surface area contributed by atoms with Crippen LogP contribution in [-0.2, 0) is 18.4 Å². The number of rotatable bonds is 74. The molecular weight excluding hydrogens is 1100 g/mol. The van der Waals surface area contributed by atoms with Crippen molar-refractivity contribution in [2.45, 2.75) is 424 Å². The second kappa shape index (κ2) is 70.0. The molecular formula is C79H156N2O6P+. The fourth-order valence-corrected chi connectivity index (χ4v) is 13.0. The number of carbonyl (C=O) groups excluding carboxylic acids is 1. The number of carbonyl (C=O) groups is 1. The van der Waals surface area contributed by atoms with E-state index < -0.39 is 20.0 Å². The molecule has 0 aromatic heterocycles. The van der Waals surface area contributed by atoms with E-state index in [2.05, 4.69) is 43.5 Å². The number of unbranched alkanes of at least 4 members (excludes halogenated alkanes) is 57. The molecule has 3 N–H and O–H groups in total. The first kappa shape index (κ1) is 86.7. The van der Waals surface area contributed by atoms with Gasteiger partial charge >= 0.3 is 7.82 Å². The predicted molar refractivity (Wildman–Crippen MR) is 388 cm³/mol. The van der Waals surface area contributed by atoms with Crippen LogP contribution in [0.4, 0.5) is 0 Å². The summed E-state index contributed by atoms with van der Waals surface area (Å²) in [6, 6.07) is -0.870. The summed E-state index contributed by atoms with van der Waals surface area (Å²) >= 11 is 0. The molecule has 0 bridgehead atoms. The van der Waals surface area contributed by atoms with E-state index in [1.54, 1.807) is 6.08 Å². The summed E-state index contributed by atoms with van der Waals surface area (Å²) in [5, 5.41) is 14.0. The van der Waals surface area contributed by atoms with E-state index in [4.69, 9.17) is 9.05 Å². The molecule has 88 heavy (non-hydrogen) atoms. The van der Waals surface area contributed by atoms with Crippen molar-refractivity contribution < 1.29 is 32.9 Å². The largest absolute Gasteiger partial charge is 0.472 e. The van der Waals surface area contributed by atoms with Crippen molar-refractivity contribution in [3.63, 3.8) is 0 Å². The summed E-state index contributed by atoms with van der Waals surface area (Å²) < 4.78 is 23.8. The van der Waals surface area contributed by atoms with E-state index in [0.29, 0.717) is 17.4 Å². The number of phosphoric ester groups is 1. The van der Waals surface area contributed by atoms with Crippen LogP contribution < -0.4 is 5.32 Å². The highest BCUT2D eigenvalue weighted by Crippen LogP contribution is 2.43. The first-order chi connectivity index (χ1) is 43.0. The summed E-state index contributed by atoms with van der Waals surface area (Å²) in [7, 11) is 1.57. The molecule has 0 rings (SSSR count). The number of aliphatic hydroxyl groups is 1. The van der Waals surface area contributed by atoms with Crippen molar-refractivity contribution in [1.29, 1.82) is 0 Å². The van der Waals surface area contributed by atoms with Crippen LogP contribution in [0.25, 0.3) is 0 Å². The number of hydrogen-bond acceptors (Lipinski definition) is 5. The lowest BCUT2D eigenvalue weighted by molar-refractivity contribution is -0.870. The molecule has 0 aliphatic carbocycles. The quantitative estimate of drug-likeness (QED) is 0.0243. The lowest BCUT2D eigenvalue weighted by atomic mass is 10.0. The second-order valence-corrected chi connectivity index (χ2v) is 29.9. The van der Waals surface area contributed by atoms with Crippen molar-refractivity contribution in [2.24, 2.45) is 0 Å². The fourth-order valence-electron chi connectivity index (χ4n) is 12.3. The van der Waals surface area contributed by atoms with Gasteiger partial charge in [-0.3, -0.25) is 13.8 Å². The van der Waals surface area contributed by atoms with Gasteiger partial charge in [0.05, 0.1) is 39.9 Å². The zero-order chi connectivity index (χ0) is 64.1. The molecule has 0 saturated heterocycles. The van der Waals surface area contributed by atoms with Crippen molar-refractivity contribution in [3.8, 4) is 0 Å². The number of quaternary nitrogens is 1. The molecule has 0 aliphatic heterocycles. The Morgan fingerprint density at radius 2 is 0.625 bits per heavy atom. The Labute approximate surface area is 550 Å². The average molecular weight is 1260 g/mol. The first-order valence-corrected chi connectivity index (χ1v) is 40.9. The summed E-state index contributed by atoms with van der Waals surface area (Å²) in [4.78, 5) is 23.5. The van der Waals surface area contributed by atoms with Gasteiger partial charge in [-0.2, -0.15) is 0 Å². The maximum Gasteiger partial charge on any atom is 0.472 e. The molecule has 0 aromatic rings. The molecule has 0 fully saturated rings. The molecule has 0 saturated carbocycles. The number of hydrogen-bond donors (Lipinski definition) is 3. The normalized spacial score (nSPS) is 13.7. The average Bonchev–Trinajstić information content (AvgIpc) is 3.65. The Balaban J connectivity index is 4.00. The van der Waals surface area contributed by atoms with Gasteiger partial charge in [0.15, 0.2) is 0 Å². The van der Waals surface area contributed by atoms with Crippen LogP contribution in [0.2, 0.25) is 0 Å². The lowest BCUT2D eigenvalue weighted by Gasteiger charge is -2.25. The number of allylic oxidation sites excluding steroid dienone is 5. The molecule has 0 aromatic carbocycles. The van der Waals surface area contributed by atoms with Gasteiger partial charge < -0.3 is 19.8 Å². The van der Waals surface area contributed by atoms with E-state index in [-0.39, 0.29) is 19.1 Å². The Morgan fingerprint density at radius 1 is 0.375 bits per heavy atom. The van der Waals surface area contributed by atoms with Gasteiger partial charge in [-0.05, 0) is 44.9 Å². The van der Waals surface area contributed by atoms with Crippen molar-refractivity contribution >= 4 is 13.7 Å². The highest BCUT2D eigenvalue weighted by molar-refractivity contribution is 7.47. The highest BCUT2D eigenvalue weighted by Gasteiger charge is 2.28. The van der Waals surface area contributed by atoms with Crippen LogP contribution in [0.15, 0.2) is 36.5 Å². The maximum absolute atomic E-state index is 13.1. The third kappa shape index (κ3) is 72.2. The Kier molecular flexibility index (Phi) is 69.0. The molecule has 522 valence electrons. The summed E-state index contributed by atoms with van der Waals surface area (Å²) in [5.74, 6) is -0.182. The van der Waals surface area contributed by atoms with E-state index in [1.165, 1.54) is 347 Å². The standard InChI is InChI=1S/C79H155N2O6P/c1-6-8-10-12-14-16-18-20-22-24-26-28-30-32-34-36-38-39-40-41-43-45-47-49-51-53-55-57-59-61-63-65-67-69-71-73-79(83)80-77(76-87-88(84,85)86-75-74-81(3,4)5)78(82)72-70-68-66-64-62-60-58-56-54-52-50-48-46-44-42-37-35-33-31-29-27-25-23-21-19-17-15-13-11-9-7-2/h54,56,62,64,70,72,77-78,82H,6-53,55,57-61,63,65-69,71,73-76H2,1-5H3,(H-,80,83,84,85)/p+1/b56-54+,64-62+,72-70+. The smallest absolute Gasteiger partial charge is 0.387 e. The lowest BCUT2D eigenvalue weighted by Crippen LogP contribution is -2.45. The molecule has 8 nitrogen and oxygen atoms in total. The van der Waals surface area contributed by atoms with Crippen molar-refractivity contribution in [2.75, 3.05) is 40.9 Å². The van der Waals surface area contributed by atoms with Gasteiger partial charge in [0, 0.05) is 6.42 Å². The first-order valence-electron chi connectivity index (χ1n) is 39.4. The third-order valence-corrected chi connectivity index (χ3v) is 19.3. The molecule has 3 unspecified atom stereocenters. The number of nitrogens with zero attached hydrogens (tertiary/aromatic N) is 1. The summed E-state index contributed by atoms with van der Waals surface area (Å²) in [6.07, 6.45) is 94.9. The molecule has 3 atom stereocenters. The third-order valence-electron chi connectivity index (χ3n) is 18.3. The minimum atomic E-state index is -4.37. The fraction of sp³-hybridized carbons (Fsp3) is 0.911. The van der Waals surface area contributed by atoms with Gasteiger partial charge in [-0.1, -0.05) is 397 Å². The molecule has 0 heterocycles. The van der Waals surface area contributed by atoms with E-state index >= 15 is 0 Å². The Bertz CT molecular complexity index is 1530. The summed E-state index contributed by atoms with van der Waals surface area (Å²) in [5.41, 5.74) is 0. The summed E-state index contributed by atoms with van der Waals surface area (Å²) in [6.45, 7) is 4.86. The number of likely N-dealkylation sites (N-methyl/N-ethyl adjacent to an activating group) is 1. The predicted octanol–water partition coefficient (Wildman–Crippen LogP) is 25.6. The van der Waals surface area contributed by atoms with E-state index in [9.17, 15) is 19.4 Å². The Hall–Kier alpha value is -1.28. The van der Waals surface area contributed by atoms with Gasteiger partial charge in [-0.15, -0.1) is 0 Å². The Morgan fingerprint density at radius 3 is 0.909 bits per heavy atom. The molecule has 9 heteroatoms. The van der Waals surface area contributed by atoms with Crippen molar-refractivity contribution in [3.05, 3.63) is 36.5 Å². The molecule has 1 amide bonds. The van der Waals surface area contributed by atoms with Gasteiger partial charge in [0.2, 0.25) is 5.91 Å². The minimum Gasteiger partial charge on any atom is -0.387 e. The highest BCUT2D eigenvalue weighted by atomic mass is 31.2. The van der Waals surface area contributed by atoms with Gasteiger partial charge in [0.1, 0.15) is 13.2 Å². The topological polar surface area (TPSA) is 105 Å². The second-order valence-electron chi connectivity index (χ2n) is 28.4. The van der Waals surface area contributed by atoms with Crippen LogP contribution in [0, 0.1) is 0 Å². The van der Waals surface area contributed by atoms with E-state index in [0.717, 1.165) is 44.9 Å². The van der Waals surface area contributed by atoms with Crippen molar-refractivity contribution in [1.82, 2.24) is 5.32 Å². The monoisotopic (exact) mass is 1260 g/mol. The van der Waals surface area contributed by atoms with E-state index in [1.807, 2.05) is 27.2 Å². The maximum atomic E-state index is 13.1. The number of phosphoric acid groups is 1. The van der Waals surface area contributed by atoms with Crippen LogP contribution in [0.3, 0.4) is 0 Å². The minimum absolute atomic E-state index is 0.0556. The zero-order valence-corrected chi connectivity index (χ0v) is 60.9. The van der Waals surface area contributed by atoms with Gasteiger partial charge in [-0.25, -0.2) is 4.57 Å². The van der Waals surface area contributed by atoms with Crippen LogP contribution in [0.5, 0.6) is 0 Å². The molecule has 0 radical (unpaired) electrons.